The van der Waals surface area contributed by atoms with Crippen LogP contribution in [0.1, 0.15) is 12.5 Å². The Morgan fingerprint density at radius 1 is 1.27 bits per heavy atom. The van der Waals surface area contributed by atoms with Crippen LogP contribution in [0.3, 0.4) is 0 Å². The predicted octanol–water partition coefficient (Wildman–Crippen LogP) is 2.47. The van der Waals surface area contributed by atoms with Crippen LogP contribution in [0.2, 0.25) is 0 Å². The second-order valence-corrected chi connectivity index (χ2v) is 3.13. The molecular weight excluding hydrogens is 209 g/mol. The fourth-order valence-corrected chi connectivity index (χ4v) is 0.992. The fourth-order valence-electron chi connectivity index (χ4n) is 0.992. The summed E-state index contributed by atoms with van der Waals surface area (Å²) in [7, 11) is 0. The smallest absolute Gasteiger partial charge is 0.416 e. The lowest BCUT2D eigenvalue weighted by molar-refractivity contribution is -0.137. The molecular formula is C10H11F3O2. The van der Waals surface area contributed by atoms with E-state index in [0.717, 1.165) is 12.1 Å². The average Bonchev–Trinajstić information content (AvgIpc) is 2.17. The minimum Gasteiger partial charge on any atom is -0.488 e. The van der Waals surface area contributed by atoms with Gasteiger partial charge in [0, 0.05) is 0 Å². The van der Waals surface area contributed by atoms with Gasteiger partial charge in [-0.2, -0.15) is 13.2 Å². The first-order valence-electron chi connectivity index (χ1n) is 4.38. The summed E-state index contributed by atoms with van der Waals surface area (Å²) in [6.07, 6.45) is -4.76. The van der Waals surface area contributed by atoms with E-state index < -0.39 is 17.8 Å². The first kappa shape index (κ1) is 11.8. The monoisotopic (exact) mass is 220 g/mol. The molecule has 0 radical (unpaired) electrons. The molecule has 0 heterocycles. The molecule has 5 heteroatoms. The Morgan fingerprint density at radius 2 is 1.80 bits per heavy atom. The van der Waals surface area contributed by atoms with Crippen LogP contribution in [0.25, 0.3) is 0 Å². The van der Waals surface area contributed by atoms with Crippen molar-refractivity contribution in [3.8, 4) is 5.75 Å². The van der Waals surface area contributed by atoms with Crippen LogP contribution in [-0.4, -0.2) is 17.8 Å². The lowest BCUT2D eigenvalue weighted by Gasteiger charge is -2.12. The van der Waals surface area contributed by atoms with Crippen molar-refractivity contribution >= 4 is 0 Å². The van der Waals surface area contributed by atoms with E-state index >= 15 is 0 Å². The van der Waals surface area contributed by atoms with E-state index in [2.05, 4.69) is 0 Å². The molecule has 1 unspecified atom stereocenters. The average molecular weight is 220 g/mol. The van der Waals surface area contributed by atoms with Gasteiger partial charge in [-0.15, -0.1) is 0 Å². The van der Waals surface area contributed by atoms with Gasteiger partial charge in [0.2, 0.25) is 0 Å². The third kappa shape index (κ3) is 3.43. The van der Waals surface area contributed by atoms with Gasteiger partial charge >= 0.3 is 6.18 Å². The lowest BCUT2D eigenvalue weighted by Crippen LogP contribution is -2.16. The Balaban J connectivity index is 2.73. The zero-order valence-corrected chi connectivity index (χ0v) is 8.08. The highest BCUT2D eigenvalue weighted by molar-refractivity contribution is 5.28. The molecule has 0 aliphatic carbocycles. The summed E-state index contributed by atoms with van der Waals surface area (Å²) < 4.78 is 41.6. The van der Waals surface area contributed by atoms with Gasteiger partial charge in [0.05, 0.1) is 12.2 Å². The van der Waals surface area contributed by atoms with Gasteiger partial charge in [-0.1, -0.05) is 0 Å². The Labute approximate surface area is 85.3 Å². The summed E-state index contributed by atoms with van der Waals surface area (Å²) in [6.45, 7) is 1.44. The molecule has 0 aliphatic rings. The largest absolute Gasteiger partial charge is 0.488 e. The first-order valence-corrected chi connectivity index (χ1v) is 4.38. The van der Waals surface area contributed by atoms with Crippen molar-refractivity contribution in [1.29, 1.82) is 0 Å². The Morgan fingerprint density at radius 3 is 2.20 bits per heavy atom. The highest BCUT2D eigenvalue weighted by atomic mass is 19.4. The summed E-state index contributed by atoms with van der Waals surface area (Å²) in [5, 5.41) is 8.67. The van der Waals surface area contributed by atoms with E-state index in [4.69, 9.17) is 9.84 Å². The molecule has 84 valence electrons. The van der Waals surface area contributed by atoms with Crippen LogP contribution in [0, 0.1) is 0 Å². The maximum Gasteiger partial charge on any atom is 0.416 e. The molecule has 1 aromatic carbocycles. The number of ether oxygens (including phenoxy) is 1. The Bertz CT molecular complexity index is 305. The summed E-state index contributed by atoms with van der Waals surface area (Å²) >= 11 is 0. The summed E-state index contributed by atoms with van der Waals surface area (Å²) in [5.41, 5.74) is -0.716. The molecule has 0 amide bonds. The number of benzene rings is 1. The number of alkyl halides is 3. The number of halogens is 3. The molecule has 0 saturated carbocycles. The van der Waals surface area contributed by atoms with E-state index in [1.807, 2.05) is 0 Å². The van der Waals surface area contributed by atoms with Crippen molar-refractivity contribution in [2.45, 2.75) is 19.2 Å². The van der Waals surface area contributed by atoms with Gasteiger partial charge in [0.15, 0.2) is 0 Å². The number of rotatable bonds is 3. The van der Waals surface area contributed by atoms with Crippen molar-refractivity contribution < 1.29 is 23.0 Å². The molecule has 0 aromatic heterocycles. The van der Waals surface area contributed by atoms with Crippen LogP contribution < -0.4 is 4.74 Å². The van der Waals surface area contributed by atoms with Gasteiger partial charge in [-0.25, -0.2) is 0 Å². The Hall–Kier alpha value is -1.23. The van der Waals surface area contributed by atoms with Gasteiger partial charge in [-0.05, 0) is 31.2 Å². The number of hydrogen-bond donors (Lipinski definition) is 1. The highest BCUT2D eigenvalue weighted by Crippen LogP contribution is 2.30. The molecule has 2 nitrogen and oxygen atoms in total. The molecule has 1 aromatic rings. The van der Waals surface area contributed by atoms with Crippen molar-refractivity contribution in [3.63, 3.8) is 0 Å². The van der Waals surface area contributed by atoms with Gasteiger partial charge in [-0.3, -0.25) is 0 Å². The van der Waals surface area contributed by atoms with Crippen LogP contribution in [-0.2, 0) is 6.18 Å². The SMILES string of the molecule is CC(CO)Oc1ccc(C(F)(F)F)cc1. The minimum absolute atomic E-state index is 0.180. The van der Waals surface area contributed by atoms with Crippen molar-refractivity contribution in [3.05, 3.63) is 29.8 Å². The van der Waals surface area contributed by atoms with Crippen molar-refractivity contribution in [2.75, 3.05) is 6.61 Å². The second kappa shape index (κ2) is 4.53. The molecule has 0 fully saturated rings. The first-order chi connectivity index (χ1) is 6.93. The van der Waals surface area contributed by atoms with E-state index in [-0.39, 0.29) is 6.61 Å². The van der Waals surface area contributed by atoms with Crippen LogP contribution in [0.15, 0.2) is 24.3 Å². The third-order valence-corrected chi connectivity index (χ3v) is 1.78. The predicted molar refractivity (Wildman–Crippen MR) is 48.6 cm³/mol. The molecule has 15 heavy (non-hydrogen) atoms. The molecule has 1 atom stereocenters. The molecule has 0 aliphatic heterocycles. The molecule has 1 N–H and O–H groups in total. The van der Waals surface area contributed by atoms with Gasteiger partial charge in [0.25, 0.3) is 0 Å². The fraction of sp³-hybridized carbons (Fsp3) is 0.400. The number of hydrogen-bond acceptors (Lipinski definition) is 2. The van der Waals surface area contributed by atoms with E-state index in [1.165, 1.54) is 12.1 Å². The number of aliphatic hydroxyl groups is 1. The number of aliphatic hydroxyl groups excluding tert-OH is 1. The van der Waals surface area contributed by atoms with Crippen molar-refractivity contribution in [2.24, 2.45) is 0 Å². The van der Waals surface area contributed by atoms with Crippen LogP contribution >= 0.6 is 0 Å². The summed E-state index contributed by atoms with van der Waals surface area (Å²) in [6, 6.07) is 4.35. The molecule has 0 spiro atoms. The zero-order valence-electron chi connectivity index (χ0n) is 8.08. The van der Waals surface area contributed by atoms with Crippen molar-refractivity contribution in [1.82, 2.24) is 0 Å². The minimum atomic E-state index is -4.33. The van der Waals surface area contributed by atoms with E-state index in [0.29, 0.717) is 5.75 Å². The van der Waals surface area contributed by atoms with E-state index in [1.54, 1.807) is 6.92 Å². The maximum atomic E-state index is 12.2. The normalized spacial score (nSPS) is 13.7. The standard InChI is InChI=1S/C10H11F3O2/c1-7(6-14)15-9-4-2-8(3-5-9)10(11,12)13/h2-5,7,14H,6H2,1H3. The Kier molecular flexibility index (Phi) is 3.57. The highest BCUT2D eigenvalue weighted by Gasteiger charge is 2.30. The maximum absolute atomic E-state index is 12.2. The van der Waals surface area contributed by atoms with Gasteiger partial charge in [0.1, 0.15) is 11.9 Å². The lowest BCUT2D eigenvalue weighted by atomic mass is 10.2. The topological polar surface area (TPSA) is 29.5 Å². The van der Waals surface area contributed by atoms with E-state index in [9.17, 15) is 13.2 Å². The van der Waals surface area contributed by atoms with Crippen LogP contribution in [0.5, 0.6) is 5.75 Å². The third-order valence-electron chi connectivity index (χ3n) is 1.78. The van der Waals surface area contributed by atoms with Crippen LogP contribution in [0.4, 0.5) is 13.2 Å². The zero-order chi connectivity index (χ0) is 11.5. The summed E-state index contributed by atoms with van der Waals surface area (Å²) in [5.74, 6) is 0.310. The molecule has 1 rings (SSSR count). The quantitative estimate of drug-likeness (QED) is 0.847. The van der Waals surface area contributed by atoms with Gasteiger partial charge < -0.3 is 9.84 Å². The molecule has 0 bridgehead atoms. The molecule has 0 saturated heterocycles. The summed E-state index contributed by atoms with van der Waals surface area (Å²) in [4.78, 5) is 0. The second-order valence-electron chi connectivity index (χ2n) is 3.13.